The van der Waals surface area contributed by atoms with Crippen molar-refractivity contribution in [2.45, 2.75) is 39.2 Å². The van der Waals surface area contributed by atoms with Crippen LogP contribution in [0.1, 0.15) is 53.3 Å². The molecule has 1 aliphatic heterocycles. The summed E-state index contributed by atoms with van der Waals surface area (Å²) in [5.41, 5.74) is 4.90. The summed E-state index contributed by atoms with van der Waals surface area (Å²) in [6, 6.07) is 18.0. The molecular formula is C36H41ClN4O5. The first-order valence-corrected chi connectivity index (χ1v) is 16.4. The topological polar surface area (TPSA) is 102 Å². The number of esters is 1. The molecule has 0 saturated carbocycles. The summed E-state index contributed by atoms with van der Waals surface area (Å²) in [6.45, 7) is 8.33. The van der Waals surface area contributed by atoms with E-state index in [4.69, 9.17) is 30.9 Å². The van der Waals surface area contributed by atoms with Gasteiger partial charge in [-0.15, -0.1) is 0 Å². The van der Waals surface area contributed by atoms with Crippen molar-refractivity contribution in [2.24, 2.45) is 7.05 Å². The van der Waals surface area contributed by atoms with Crippen LogP contribution in [-0.2, 0) is 22.9 Å². The van der Waals surface area contributed by atoms with Gasteiger partial charge in [-0.25, -0.2) is 4.79 Å². The normalized spacial score (nSPS) is 14.6. The Balaban J connectivity index is 1.32. The lowest BCUT2D eigenvalue weighted by Gasteiger charge is -2.27. The van der Waals surface area contributed by atoms with Crippen molar-refractivity contribution in [3.63, 3.8) is 0 Å². The molecule has 9 nitrogen and oxygen atoms in total. The SMILES string of the molecule is CCOC(=O)c1[nH]c2c(-c3c(C(O)CCN4CCOCC4)nn(C)c3C)c(Cl)ccc2c1CCCOc1cccc2ccccc12. The molecule has 3 aromatic carbocycles. The van der Waals surface area contributed by atoms with Gasteiger partial charge in [-0.3, -0.25) is 9.58 Å². The minimum absolute atomic E-state index is 0.257. The summed E-state index contributed by atoms with van der Waals surface area (Å²) in [5, 5.41) is 19.8. The van der Waals surface area contributed by atoms with Gasteiger partial charge >= 0.3 is 5.97 Å². The molecule has 10 heteroatoms. The maximum Gasteiger partial charge on any atom is 0.355 e. The highest BCUT2D eigenvalue weighted by Gasteiger charge is 2.28. The quantitative estimate of drug-likeness (QED) is 0.116. The van der Waals surface area contributed by atoms with Gasteiger partial charge in [-0.1, -0.05) is 54.1 Å². The Hall–Kier alpha value is -3.89. The minimum Gasteiger partial charge on any atom is -0.493 e. The largest absolute Gasteiger partial charge is 0.493 e. The van der Waals surface area contributed by atoms with Gasteiger partial charge in [0.25, 0.3) is 0 Å². The molecule has 0 bridgehead atoms. The fraction of sp³-hybridized carbons (Fsp3) is 0.389. The van der Waals surface area contributed by atoms with E-state index < -0.39 is 12.1 Å². The fourth-order valence-electron chi connectivity index (χ4n) is 6.37. The minimum atomic E-state index is -0.797. The summed E-state index contributed by atoms with van der Waals surface area (Å²) in [4.78, 5) is 18.9. The number of carbonyl (C=O) groups is 1. The Morgan fingerprint density at radius 2 is 1.87 bits per heavy atom. The van der Waals surface area contributed by atoms with Crippen molar-refractivity contribution >= 4 is 39.2 Å². The number of fused-ring (bicyclic) bond motifs is 2. The molecule has 1 atom stereocenters. The molecule has 2 aromatic heterocycles. The molecule has 2 N–H and O–H groups in total. The number of aromatic amines is 1. The van der Waals surface area contributed by atoms with E-state index in [1.165, 1.54) is 0 Å². The zero-order chi connectivity index (χ0) is 32.2. The molecule has 1 unspecified atom stereocenters. The van der Waals surface area contributed by atoms with Gasteiger partial charge in [0.05, 0.1) is 48.8 Å². The van der Waals surface area contributed by atoms with E-state index in [2.05, 4.69) is 28.1 Å². The number of hydrogen-bond donors (Lipinski definition) is 2. The summed E-state index contributed by atoms with van der Waals surface area (Å²) in [6.07, 6.45) is 0.991. The third kappa shape index (κ3) is 6.51. The van der Waals surface area contributed by atoms with Gasteiger partial charge in [-0.2, -0.15) is 5.10 Å². The standard InChI is InChI=1S/C36H41ClN4O5/c1-4-45-36(43)34-26(12-8-20-46-30-13-7-10-24-9-5-6-11-25(24)30)27-14-15-28(37)32(33(27)38-34)31-23(2)40(3)39-35(31)29(42)16-17-41-18-21-44-22-19-41/h5-7,9-11,13-15,29,38,42H,4,8,12,16-22H2,1-3H3. The van der Waals surface area contributed by atoms with Crippen molar-refractivity contribution in [3.8, 4) is 16.9 Å². The molecule has 5 aromatic rings. The highest BCUT2D eigenvalue weighted by Crippen LogP contribution is 2.42. The molecule has 0 radical (unpaired) electrons. The Morgan fingerprint density at radius 3 is 2.67 bits per heavy atom. The predicted molar refractivity (Wildman–Crippen MR) is 181 cm³/mol. The molecule has 46 heavy (non-hydrogen) atoms. The van der Waals surface area contributed by atoms with Gasteiger partial charge in [0.2, 0.25) is 0 Å². The van der Waals surface area contributed by atoms with Gasteiger partial charge < -0.3 is 24.3 Å². The summed E-state index contributed by atoms with van der Waals surface area (Å²) >= 11 is 6.94. The van der Waals surface area contributed by atoms with Crippen LogP contribution in [0, 0.1) is 6.92 Å². The number of H-pyrrole nitrogens is 1. The molecule has 1 fully saturated rings. The first-order chi connectivity index (χ1) is 22.4. The van der Waals surface area contributed by atoms with E-state index in [-0.39, 0.29) is 6.61 Å². The Labute approximate surface area is 274 Å². The molecule has 1 aliphatic rings. The van der Waals surface area contributed by atoms with E-state index in [9.17, 15) is 9.90 Å². The first-order valence-electron chi connectivity index (χ1n) is 16.0. The van der Waals surface area contributed by atoms with Crippen LogP contribution in [0.3, 0.4) is 0 Å². The van der Waals surface area contributed by atoms with Gasteiger partial charge in [0.1, 0.15) is 11.4 Å². The number of halogens is 1. The molecule has 6 rings (SSSR count). The average Bonchev–Trinajstić information content (AvgIpc) is 3.59. The number of nitrogens with zero attached hydrogens (tertiary/aromatic N) is 3. The lowest BCUT2D eigenvalue weighted by atomic mass is 9.96. The monoisotopic (exact) mass is 644 g/mol. The number of rotatable bonds is 12. The maximum atomic E-state index is 13.3. The number of ether oxygens (including phenoxy) is 3. The van der Waals surface area contributed by atoms with Crippen molar-refractivity contribution in [2.75, 3.05) is 46.1 Å². The summed E-state index contributed by atoms with van der Waals surface area (Å²) < 4.78 is 18.9. The molecule has 242 valence electrons. The van der Waals surface area contributed by atoms with Crippen LogP contribution in [0.25, 0.3) is 32.8 Å². The van der Waals surface area contributed by atoms with E-state index in [1.807, 2.05) is 50.4 Å². The van der Waals surface area contributed by atoms with Crippen LogP contribution in [0.4, 0.5) is 0 Å². The second-order valence-electron chi connectivity index (χ2n) is 11.7. The third-order valence-corrected chi connectivity index (χ3v) is 9.15. The van der Waals surface area contributed by atoms with E-state index in [0.717, 1.165) is 63.9 Å². The number of benzene rings is 3. The third-order valence-electron chi connectivity index (χ3n) is 8.84. The number of carbonyl (C=O) groups excluding carboxylic acids is 1. The van der Waals surface area contributed by atoms with Crippen molar-refractivity contribution < 1.29 is 24.1 Å². The first kappa shape index (κ1) is 32.1. The number of aryl methyl sites for hydroxylation is 2. The van der Waals surface area contributed by atoms with Crippen LogP contribution >= 0.6 is 11.6 Å². The second-order valence-corrected chi connectivity index (χ2v) is 12.1. The molecule has 1 saturated heterocycles. The highest BCUT2D eigenvalue weighted by molar-refractivity contribution is 6.35. The lowest BCUT2D eigenvalue weighted by Crippen LogP contribution is -2.37. The average molecular weight is 645 g/mol. The van der Waals surface area contributed by atoms with Crippen LogP contribution in [0.5, 0.6) is 5.75 Å². The number of aromatic nitrogens is 3. The van der Waals surface area contributed by atoms with Crippen molar-refractivity contribution in [1.29, 1.82) is 0 Å². The maximum absolute atomic E-state index is 13.3. The van der Waals surface area contributed by atoms with E-state index in [1.54, 1.807) is 11.6 Å². The van der Waals surface area contributed by atoms with E-state index in [0.29, 0.717) is 61.1 Å². The fourth-order valence-corrected chi connectivity index (χ4v) is 6.62. The Morgan fingerprint density at radius 1 is 1.09 bits per heavy atom. The van der Waals surface area contributed by atoms with Crippen LogP contribution < -0.4 is 4.74 Å². The smallest absolute Gasteiger partial charge is 0.355 e. The number of aliphatic hydroxyl groups excluding tert-OH is 1. The van der Waals surface area contributed by atoms with Crippen LogP contribution in [-0.4, -0.2) is 76.8 Å². The number of morpholine rings is 1. The van der Waals surface area contributed by atoms with Gasteiger partial charge in [0, 0.05) is 54.3 Å². The number of aliphatic hydroxyl groups is 1. The predicted octanol–water partition coefficient (Wildman–Crippen LogP) is 6.63. The van der Waals surface area contributed by atoms with Crippen LogP contribution in [0.2, 0.25) is 5.02 Å². The van der Waals surface area contributed by atoms with E-state index >= 15 is 0 Å². The number of hydrogen-bond acceptors (Lipinski definition) is 7. The van der Waals surface area contributed by atoms with Crippen LogP contribution in [0.15, 0.2) is 54.6 Å². The van der Waals surface area contributed by atoms with Gasteiger partial charge in [0.15, 0.2) is 0 Å². The zero-order valence-electron chi connectivity index (χ0n) is 26.6. The highest BCUT2D eigenvalue weighted by atomic mass is 35.5. The molecular weight excluding hydrogens is 604 g/mol. The second kappa shape index (κ2) is 14.3. The molecule has 3 heterocycles. The number of nitrogens with one attached hydrogen (secondary N) is 1. The Kier molecular flexibility index (Phi) is 9.94. The molecule has 0 amide bonds. The van der Waals surface area contributed by atoms with Gasteiger partial charge in [-0.05, 0) is 56.2 Å². The van der Waals surface area contributed by atoms with Crippen molar-refractivity contribution in [1.82, 2.24) is 19.7 Å². The Bertz CT molecular complexity index is 1840. The molecule has 0 spiro atoms. The molecule has 0 aliphatic carbocycles. The summed E-state index contributed by atoms with van der Waals surface area (Å²) in [7, 11) is 1.87. The van der Waals surface area contributed by atoms with Crippen molar-refractivity contribution in [3.05, 3.63) is 82.3 Å². The lowest BCUT2D eigenvalue weighted by molar-refractivity contribution is 0.0297. The summed E-state index contributed by atoms with van der Waals surface area (Å²) in [5.74, 6) is 0.419. The zero-order valence-corrected chi connectivity index (χ0v) is 27.4.